The third-order valence-corrected chi connectivity index (χ3v) is 8.44. The average molecular weight is 708 g/mol. The summed E-state index contributed by atoms with van der Waals surface area (Å²) in [6.07, 6.45) is 4.37. The number of Topliss-reactive ketones (excluding diaryl/α,β-unsaturated/α-hetero) is 1. The van der Waals surface area contributed by atoms with E-state index in [0.29, 0.717) is 60.9 Å². The Morgan fingerprint density at radius 2 is 1.48 bits per heavy atom. The molecule has 2 heterocycles. The van der Waals surface area contributed by atoms with Crippen LogP contribution >= 0.6 is 0 Å². The Kier molecular flexibility index (Phi) is 11.6. The molecule has 4 aromatic carbocycles. The molecule has 0 saturated carbocycles. The van der Waals surface area contributed by atoms with Crippen LogP contribution in [0, 0.1) is 24.4 Å². The van der Waals surface area contributed by atoms with E-state index in [1.54, 1.807) is 23.1 Å². The zero-order valence-electron chi connectivity index (χ0n) is 28.4. The SMILES string of the molecule is Cc1ccc(OCC(=O)c2ccc(CN3CCN(C(=O)/C=C/c4ccc(Oc5ccc(OCc6ccc(F)c(F)c6)cn5)c(F)c4)CC3)cc2)cc1. The summed E-state index contributed by atoms with van der Waals surface area (Å²) in [5.41, 5.74) is 3.74. The summed E-state index contributed by atoms with van der Waals surface area (Å²) >= 11 is 0. The van der Waals surface area contributed by atoms with E-state index >= 15 is 0 Å². The van der Waals surface area contributed by atoms with Crippen LogP contribution in [0.5, 0.6) is 23.1 Å². The maximum Gasteiger partial charge on any atom is 0.246 e. The normalized spacial score (nSPS) is 13.3. The second-order valence-electron chi connectivity index (χ2n) is 12.3. The van der Waals surface area contributed by atoms with Crippen molar-refractivity contribution in [3.8, 4) is 23.1 Å². The highest BCUT2D eigenvalue weighted by Gasteiger charge is 2.20. The molecular formula is C41H36F3N3O5. The number of piperazine rings is 1. The van der Waals surface area contributed by atoms with Gasteiger partial charge in [-0.25, -0.2) is 18.2 Å². The number of rotatable bonds is 13. The Hall–Kier alpha value is -5.94. The summed E-state index contributed by atoms with van der Waals surface area (Å²) in [7, 11) is 0. The maximum atomic E-state index is 14.9. The highest BCUT2D eigenvalue weighted by Crippen LogP contribution is 2.26. The standard InChI is InChI=1S/C41H36F3N3O5/c1-28-2-11-33(12-3-28)51-27-38(48)32-9-4-30(5-10-32)25-46-18-20-47(21-19-46)41(49)17-8-29-7-15-39(37(44)22-29)52-40-16-13-34(24-45-40)50-26-31-6-14-35(42)36(43)23-31/h2-17,22-24H,18-21,25-27H2,1H3/b17-8+. The number of hydrogen-bond donors (Lipinski definition) is 0. The van der Waals surface area contributed by atoms with Crippen molar-refractivity contribution in [3.05, 3.63) is 155 Å². The summed E-state index contributed by atoms with van der Waals surface area (Å²) < 4.78 is 58.1. The number of nitrogens with zero attached hydrogens (tertiary/aromatic N) is 3. The van der Waals surface area contributed by atoms with E-state index in [0.717, 1.165) is 23.3 Å². The second-order valence-corrected chi connectivity index (χ2v) is 12.3. The minimum absolute atomic E-state index is 0.00865. The Morgan fingerprint density at radius 1 is 0.750 bits per heavy atom. The quantitative estimate of drug-likeness (QED) is 0.0913. The van der Waals surface area contributed by atoms with Gasteiger partial charge < -0.3 is 19.1 Å². The number of benzene rings is 4. The molecule has 0 spiro atoms. The number of hydrogen-bond acceptors (Lipinski definition) is 7. The molecule has 5 aromatic rings. The van der Waals surface area contributed by atoms with Gasteiger partial charge in [0.25, 0.3) is 0 Å². The number of aryl methyl sites for hydroxylation is 1. The molecule has 6 rings (SSSR count). The molecule has 11 heteroatoms. The van der Waals surface area contributed by atoms with Crippen molar-refractivity contribution < 1.29 is 37.0 Å². The first-order valence-electron chi connectivity index (χ1n) is 16.7. The third kappa shape index (κ3) is 9.85. The summed E-state index contributed by atoms with van der Waals surface area (Å²) in [6, 6.07) is 26.0. The van der Waals surface area contributed by atoms with Gasteiger partial charge in [-0.15, -0.1) is 0 Å². The van der Waals surface area contributed by atoms with Gasteiger partial charge in [0, 0.05) is 50.4 Å². The number of amides is 1. The van der Waals surface area contributed by atoms with Crippen LogP contribution in [0.1, 0.15) is 32.6 Å². The number of pyridine rings is 1. The summed E-state index contributed by atoms with van der Waals surface area (Å²) in [5.74, 6) is -1.66. The lowest BCUT2D eigenvalue weighted by Crippen LogP contribution is -2.47. The zero-order valence-corrected chi connectivity index (χ0v) is 28.4. The van der Waals surface area contributed by atoms with Crippen molar-refractivity contribution in [2.75, 3.05) is 32.8 Å². The van der Waals surface area contributed by atoms with Crippen molar-refractivity contribution in [3.63, 3.8) is 0 Å². The molecule has 8 nitrogen and oxygen atoms in total. The molecule has 0 bridgehead atoms. The number of carbonyl (C=O) groups excluding carboxylic acids is 2. The zero-order chi connectivity index (χ0) is 36.5. The van der Waals surface area contributed by atoms with Gasteiger partial charge in [-0.2, -0.15) is 0 Å². The fourth-order valence-electron chi connectivity index (χ4n) is 5.45. The molecule has 0 N–H and O–H groups in total. The monoisotopic (exact) mass is 707 g/mol. The predicted octanol–water partition coefficient (Wildman–Crippen LogP) is 7.80. The fourth-order valence-corrected chi connectivity index (χ4v) is 5.45. The van der Waals surface area contributed by atoms with E-state index in [1.165, 1.54) is 36.5 Å². The first-order valence-corrected chi connectivity index (χ1v) is 16.7. The molecule has 1 aromatic heterocycles. The van der Waals surface area contributed by atoms with Crippen molar-refractivity contribution in [1.29, 1.82) is 0 Å². The number of carbonyl (C=O) groups is 2. The lowest BCUT2D eigenvalue weighted by molar-refractivity contribution is -0.127. The summed E-state index contributed by atoms with van der Waals surface area (Å²) in [5, 5.41) is 0. The van der Waals surface area contributed by atoms with Crippen LogP contribution in [0.2, 0.25) is 0 Å². The third-order valence-electron chi connectivity index (χ3n) is 8.44. The van der Waals surface area contributed by atoms with Gasteiger partial charge in [-0.05, 0) is 72.2 Å². The second kappa shape index (κ2) is 16.8. The highest BCUT2D eigenvalue weighted by atomic mass is 19.2. The Bertz CT molecular complexity index is 2030. The lowest BCUT2D eigenvalue weighted by atomic mass is 10.1. The molecule has 1 fully saturated rings. The summed E-state index contributed by atoms with van der Waals surface area (Å²) in [4.78, 5) is 33.6. The van der Waals surface area contributed by atoms with Gasteiger partial charge >= 0.3 is 0 Å². The molecular weight excluding hydrogens is 671 g/mol. The number of ether oxygens (including phenoxy) is 3. The smallest absolute Gasteiger partial charge is 0.246 e. The molecule has 1 amide bonds. The van der Waals surface area contributed by atoms with Gasteiger partial charge in [-0.3, -0.25) is 14.5 Å². The molecule has 0 radical (unpaired) electrons. The van der Waals surface area contributed by atoms with Gasteiger partial charge in [0.1, 0.15) is 18.1 Å². The van der Waals surface area contributed by atoms with Crippen LogP contribution in [-0.2, 0) is 17.9 Å². The molecule has 0 unspecified atom stereocenters. The average Bonchev–Trinajstić information content (AvgIpc) is 3.16. The minimum atomic E-state index is -0.958. The molecule has 1 saturated heterocycles. The van der Waals surface area contributed by atoms with Crippen molar-refractivity contribution >= 4 is 17.8 Å². The Labute approximate surface area is 299 Å². The predicted molar refractivity (Wildman–Crippen MR) is 190 cm³/mol. The van der Waals surface area contributed by atoms with Crippen molar-refractivity contribution in [2.45, 2.75) is 20.1 Å². The maximum absolute atomic E-state index is 14.9. The number of halogens is 3. The first kappa shape index (κ1) is 35.9. The van der Waals surface area contributed by atoms with Crippen LogP contribution in [0.15, 0.2) is 109 Å². The van der Waals surface area contributed by atoms with E-state index in [9.17, 15) is 22.8 Å². The highest BCUT2D eigenvalue weighted by molar-refractivity contribution is 5.97. The van der Waals surface area contributed by atoms with Crippen LogP contribution in [0.25, 0.3) is 6.08 Å². The van der Waals surface area contributed by atoms with Gasteiger partial charge in [-0.1, -0.05) is 54.1 Å². The topological polar surface area (TPSA) is 81.2 Å². The van der Waals surface area contributed by atoms with E-state index in [1.807, 2.05) is 55.5 Å². The van der Waals surface area contributed by atoms with Gasteiger partial charge in [0.2, 0.25) is 11.8 Å². The Morgan fingerprint density at radius 3 is 2.17 bits per heavy atom. The number of aromatic nitrogens is 1. The molecule has 0 atom stereocenters. The van der Waals surface area contributed by atoms with Crippen LogP contribution in [0.3, 0.4) is 0 Å². The van der Waals surface area contributed by atoms with E-state index in [-0.39, 0.29) is 36.5 Å². The molecule has 1 aliphatic rings. The van der Waals surface area contributed by atoms with Crippen LogP contribution in [0.4, 0.5) is 13.2 Å². The lowest BCUT2D eigenvalue weighted by Gasteiger charge is -2.34. The van der Waals surface area contributed by atoms with Crippen molar-refractivity contribution in [2.24, 2.45) is 0 Å². The number of ketones is 1. The molecule has 1 aliphatic heterocycles. The largest absolute Gasteiger partial charge is 0.487 e. The van der Waals surface area contributed by atoms with E-state index in [2.05, 4.69) is 9.88 Å². The Balaban J connectivity index is 0.923. The van der Waals surface area contributed by atoms with Gasteiger partial charge in [0.05, 0.1) is 6.20 Å². The van der Waals surface area contributed by atoms with E-state index < -0.39 is 17.5 Å². The van der Waals surface area contributed by atoms with Crippen LogP contribution < -0.4 is 14.2 Å². The molecule has 52 heavy (non-hydrogen) atoms. The van der Waals surface area contributed by atoms with Gasteiger partial charge in [0.15, 0.2) is 35.6 Å². The first-order chi connectivity index (χ1) is 25.2. The van der Waals surface area contributed by atoms with E-state index in [4.69, 9.17) is 14.2 Å². The molecule has 0 aliphatic carbocycles. The molecule has 266 valence electrons. The van der Waals surface area contributed by atoms with Crippen LogP contribution in [-0.4, -0.2) is 59.3 Å². The van der Waals surface area contributed by atoms with Crippen molar-refractivity contribution in [1.82, 2.24) is 14.8 Å². The fraction of sp³-hybridized carbons (Fsp3) is 0.195. The summed E-state index contributed by atoms with van der Waals surface area (Å²) in [6.45, 7) is 5.17. The minimum Gasteiger partial charge on any atom is -0.487 e.